The molecule has 0 aliphatic rings. The number of aromatic nitrogens is 1. The minimum Gasteiger partial charge on any atom is -0.396 e. The van der Waals surface area contributed by atoms with Crippen LogP contribution in [0.3, 0.4) is 0 Å². The number of pyridine rings is 1. The van der Waals surface area contributed by atoms with E-state index in [0.717, 1.165) is 18.3 Å². The zero-order valence-corrected chi connectivity index (χ0v) is 10.4. The van der Waals surface area contributed by atoms with Crippen molar-refractivity contribution in [2.75, 3.05) is 6.61 Å². The predicted molar refractivity (Wildman–Crippen MR) is 62.5 cm³/mol. The van der Waals surface area contributed by atoms with Crippen molar-refractivity contribution < 1.29 is 23.1 Å². The van der Waals surface area contributed by atoms with E-state index in [9.17, 15) is 18.0 Å². The van der Waals surface area contributed by atoms with Crippen LogP contribution in [0.15, 0.2) is 18.3 Å². The summed E-state index contributed by atoms with van der Waals surface area (Å²) in [6.07, 6.45) is -2.60. The molecule has 0 fully saturated rings. The van der Waals surface area contributed by atoms with E-state index in [0.29, 0.717) is 12.8 Å². The number of aliphatic hydroxyl groups excluding tert-OH is 1. The summed E-state index contributed by atoms with van der Waals surface area (Å²) in [6.45, 7) is 1.77. The zero-order chi connectivity index (χ0) is 14.5. The van der Waals surface area contributed by atoms with Crippen molar-refractivity contribution in [3.05, 3.63) is 29.6 Å². The van der Waals surface area contributed by atoms with Gasteiger partial charge in [0, 0.05) is 18.8 Å². The molecule has 0 aliphatic heterocycles. The fourth-order valence-electron chi connectivity index (χ4n) is 1.50. The van der Waals surface area contributed by atoms with Gasteiger partial charge in [0.2, 0.25) is 0 Å². The lowest BCUT2D eigenvalue weighted by Gasteiger charge is -2.15. The Labute approximate surface area is 108 Å². The molecule has 0 saturated carbocycles. The molecule has 0 aliphatic carbocycles. The summed E-state index contributed by atoms with van der Waals surface area (Å²) in [4.78, 5) is 15.0. The lowest BCUT2D eigenvalue weighted by atomic mass is 10.1. The third-order valence-electron chi connectivity index (χ3n) is 2.62. The largest absolute Gasteiger partial charge is 0.433 e. The van der Waals surface area contributed by atoms with Gasteiger partial charge in [-0.15, -0.1) is 0 Å². The molecular weight excluding hydrogens is 261 g/mol. The van der Waals surface area contributed by atoms with Crippen LogP contribution in [0.2, 0.25) is 0 Å². The molecule has 1 aromatic rings. The van der Waals surface area contributed by atoms with Crippen molar-refractivity contribution in [2.24, 2.45) is 0 Å². The van der Waals surface area contributed by atoms with Crippen LogP contribution < -0.4 is 5.32 Å². The summed E-state index contributed by atoms with van der Waals surface area (Å²) < 4.78 is 36.9. The van der Waals surface area contributed by atoms with Crippen LogP contribution in [0.4, 0.5) is 13.2 Å². The predicted octanol–water partition coefficient (Wildman–Crippen LogP) is 1.99. The lowest BCUT2D eigenvalue weighted by molar-refractivity contribution is -0.141. The molecule has 0 spiro atoms. The number of alkyl halides is 3. The van der Waals surface area contributed by atoms with Crippen molar-refractivity contribution in [3.8, 4) is 0 Å². The molecule has 0 bridgehead atoms. The van der Waals surface area contributed by atoms with Crippen LogP contribution in [0.1, 0.15) is 35.8 Å². The van der Waals surface area contributed by atoms with Gasteiger partial charge in [-0.2, -0.15) is 13.2 Å². The Morgan fingerprint density at radius 1 is 1.47 bits per heavy atom. The van der Waals surface area contributed by atoms with Crippen molar-refractivity contribution >= 4 is 5.91 Å². The molecule has 0 aromatic carbocycles. The maximum Gasteiger partial charge on any atom is 0.433 e. The number of aliphatic hydroxyl groups is 1. The van der Waals surface area contributed by atoms with E-state index in [-0.39, 0.29) is 18.2 Å². The second-order valence-electron chi connectivity index (χ2n) is 4.02. The molecule has 0 saturated heterocycles. The van der Waals surface area contributed by atoms with Crippen LogP contribution in [0.5, 0.6) is 0 Å². The fraction of sp³-hybridized carbons (Fsp3) is 0.500. The molecule has 1 amide bonds. The molecular formula is C12H15F3N2O2. The number of hydrogen-bond acceptors (Lipinski definition) is 3. The van der Waals surface area contributed by atoms with E-state index in [1.807, 2.05) is 6.92 Å². The highest BCUT2D eigenvalue weighted by Gasteiger charge is 2.32. The topological polar surface area (TPSA) is 62.2 Å². The monoisotopic (exact) mass is 276 g/mol. The number of nitrogens with one attached hydrogen (secondary N) is 1. The molecule has 106 valence electrons. The fourth-order valence-corrected chi connectivity index (χ4v) is 1.50. The maximum absolute atomic E-state index is 12.3. The normalized spacial score (nSPS) is 13.1. The average Bonchev–Trinajstić information content (AvgIpc) is 2.37. The number of rotatable bonds is 5. The second kappa shape index (κ2) is 6.51. The molecule has 0 radical (unpaired) electrons. The van der Waals surface area contributed by atoms with Gasteiger partial charge in [-0.3, -0.25) is 9.78 Å². The summed E-state index contributed by atoms with van der Waals surface area (Å²) in [5.41, 5.74) is -0.976. The first-order chi connectivity index (χ1) is 8.88. The summed E-state index contributed by atoms with van der Waals surface area (Å²) in [6, 6.07) is 1.64. The van der Waals surface area contributed by atoms with E-state index in [1.165, 1.54) is 0 Å². The SMILES string of the molecule is CCC(CCO)NC(=O)c1ccc(C(F)(F)F)nc1. The quantitative estimate of drug-likeness (QED) is 0.864. The first-order valence-electron chi connectivity index (χ1n) is 5.83. The van der Waals surface area contributed by atoms with E-state index in [1.54, 1.807) is 0 Å². The van der Waals surface area contributed by atoms with Gasteiger partial charge < -0.3 is 10.4 Å². The van der Waals surface area contributed by atoms with E-state index in [2.05, 4.69) is 10.3 Å². The highest BCUT2D eigenvalue weighted by Crippen LogP contribution is 2.27. The van der Waals surface area contributed by atoms with Gasteiger partial charge in [0.1, 0.15) is 5.69 Å². The Morgan fingerprint density at radius 3 is 2.58 bits per heavy atom. The van der Waals surface area contributed by atoms with Gasteiger partial charge >= 0.3 is 6.18 Å². The van der Waals surface area contributed by atoms with Gasteiger partial charge in [0.25, 0.3) is 5.91 Å². The zero-order valence-electron chi connectivity index (χ0n) is 10.4. The van der Waals surface area contributed by atoms with Gasteiger partial charge in [-0.25, -0.2) is 0 Å². The van der Waals surface area contributed by atoms with Crippen LogP contribution in [0, 0.1) is 0 Å². The first kappa shape index (κ1) is 15.4. The molecule has 1 rings (SSSR count). The number of hydrogen-bond donors (Lipinski definition) is 2. The Bertz CT molecular complexity index is 418. The summed E-state index contributed by atoms with van der Waals surface area (Å²) in [7, 11) is 0. The van der Waals surface area contributed by atoms with Gasteiger partial charge in [-0.1, -0.05) is 6.92 Å². The Balaban J connectivity index is 2.73. The molecule has 19 heavy (non-hydrogen) atoms. The van der Waals surface area contributed by atoms with Gasteiger partial charge in [0.15, 0.2) is 0 Å². The molecule has 1 atom stereocenters. The van der Waals surface area contributed by atoms with E-state index >= 15 is 0 Å². The highest BCUT2D eigenvalue weighted by molar-refractivity contribution is 5.94. The second-order valence-corrected chi connectivity index (χ2v) is 4.02. The van der Waals surface area contributed by atoms with Crippen molar-refractivity contribution in [2.45, 2.75) is 32.0 Å². The smallest absolute Gasteiger partial charge is 0.396 e. The van der Waals surface area contributed by atoms with Crippen LogP contribution in [0.25, 0.3) is 0 Å². The van der Waals surface area contributed by atoms with Crippen LogP contribution >= 0.6 is 0 Å². The molecule has 1 aromatic heterocycles. The molecule has 7 heteroatoms. The molecule has 4 nitrogen and oxygen atoms in total. The Kier molecular flexibility index (Phi) is 5.29. The highest BCUT2D eigenvalue weighted by atomic mass is 19.4. The van der Waals surface area contributed by atoms with E-state index in [4.69, 9.17) is 5.11 Å². The Hall–Kier alpha value is -1.63. The molecule has 2 N–H and O–H groups in total. The van der Waals surface area contributed by atoms with Crippen molar-refractivity contribution in [1.82, 2.24) is 10.3 Å². The number of halogens is 3. The number of carbonyl (C=O) groups excluding carboxylic acids is 1. The third-order valence-corrected chi connectivity index (χ3v) is 2.62. The Morgan fingerprint density at radius 2 is 2.16 bits per heavy atom. The number of carbonyl (C=O) groups is 1. The van der Waals surface area contributed by atoms with Gasteiger partial charge in [0.05, 0.1) is 5.56 Å². The molecule has 1 heterocycles. The standard InChI is InChI=1S/C12H15F3N2O2/c1-2-9(5-6-18)17-11(19)8-3-4-10(16-7-8)12(13,14)15/h3-4,7,9,18H,2,5-6H2,1H3,(H,17,19). The summed E-state index contributed by atoms with van der Waals surface area (Å²) in [5, 5.41) is 11.4. The molecule has 1 unspecified atom stereocenters. The van der Waals surface area contributed by atoms with Crippen LogP contribution in [-0.4, -0.2) is 28.6 Å². The third kappa shape index (κ3) is 4.51. The van der Waals surface area contributed by atoms with Crippen molar-refractivity contribution in [1.29, 1.82) is 0 Å². The van der Waals surface area contributed by atoms with E-state index < -0.39 is 17.8 Å². The lowest BCUT2D eigenvalue weighted by Crippen LogP contribution is -2.35. The van der Waals surface area contributed by atoms with Crippen LogP contribution in [-0.2, 0) is 6.18 Å². The number of nitrogens with zero attached hydrogens (tertiary/aromatic N) is 1. The maximum atomic E-state index is 12.3. The summed E-state index contributed by atoms with van der Waals surface area (Å²) >= 11 is 0. The minimum atomic E-state index is -4.52. The minimum absolute atomic E-state index is 0.0596. The van der Waals surface area contributed by atoms with Crippen molar-refractivity contribution in [3.63, 3.8) is 0 Å². The van der Waals surface area contributed by atoms with Gasteiger partial charge in [-0.05, 0) is 25.0 Å². The number of amides is 1. The summed E-state index contributed by atoms with van der Waals surface area (Å²) in [5.74, 6) is -0.499. The average molecular weight is 276 g/mol. The first-order valence-corrected chi connectivity index (χ1v) is 5.83.